The normalized spacial score (nSPS) is 12.2. The van der Waals surface area contributed by atoms with E-state index in [1.165, 1.54) is 0 Å². The second kappa shape index (κ2) is 6.93. The molecule has 0 radical (unpaired) electrons. The highest BCUT2D eigenvalue weighted by Gasteiger charge is 2.03. The second-order valence-electron chi connectivity index (χ2n) is 4.46. The largest absolute Gasteiger partial charge is 0.380 e. The van der Waals surface area contributed by atoms with E-state index in [0.29, 0.717) is 13.0 Å². The van der Waals surface area contributed by atoms with Crippen molar-refractivity contribution in [1.82, 2.24) is 0 Å². The molecule has 0 heterocycles. The van der Waals surface area contributed by atoms with E-state index >= 15 is 0 Å². The van der Waals surface area contributed by atoms with Crippen molar-refractivity contribution >= 4 is 5.69 Å². The van der Waals surface area contributed by atoms with Crippen LogP contribution in [0.1, 0.15) is 26.3 Å². The van der Waals surface area contributed by atoms with Crippen LogP contribution in [-0.4, -0.2) is 18.8 Å². The fourth-order valence-electron chi connectivity index (χ4n) is 1.47. The van der Waals surface area contributed by atoms with Gasteiger partial charge < -0.3 is 10.1 Å². The van der Waals surface area contributed by atoms with Crippen LogP contribution in [0.5, 0.6) is 0 Å². The van der Waals surface area contributed by atoms with E-state index in [1.807, 2.05) is 38.1 Å². The zero-order valence-electron chi connectivity index (χ0n) is 10.7. The Labute approximate surface area is 103 Å². The SMILES string of the molecule is CC(C)OC[C@@H](C)Nc1ccc(CC#N)cc1. The highest BCUT2D eigenvalue weighted by molar-refractivity contribution is 5.45. The van der Waals surface area contributed by atoms with Crippen LogP contribution in [0.25, 0.3) is 0 Å². The van der Waals surface area contributed by atoms with E-state index in [4.69, 9.17) is 10.00 Å². The van der Waals surface area contributed by atoms with Crippen molar-refractivity contribution in [3.05, 3.63) is 29.8 Å². The summed E-state index contributed by atoms with van der Waals surface area (Å²) in [6, 6.07) is 10.4. The molecule has 0 spiro atoms. The molecule has 0 bridgehead atoms. The third-order valence-electron chi connectivity index (χ3n) is 2.33. The zero-order chi connectivity index (χ0) is 12.7. The van der Waals surface area contributed by atoms with E-state index in [0.717, 1.165) is 11.3 Å². The van der Waals surface area contributed by atoms with Crippen molar-refractivity contribution in [2.45, 2.75) is 39.3 Å². The molecule has 0 fully saturated rings. The molecule has 17 heavy (non-hydrogen) atoms. The van der Waals surface area contributed by atoms with Crippen LogP contribution in [0, 0.1) is 11.3 Å². The van der Waals surface area contributed by atoms with E-state index < -0.39 is 0 Å². The van der Waals surface area contributed by atoms with Gasteiger partial charge >= 0.3 is 0 Å². The average molecular weight is 232 g/mol. The van der Waals surface area contributed by atoms with Gasteiger partial charge in [0.25, 0.3) is 0 Å². The Morgan fingerprint density at radius 1 is 1.24 bits per heavy atom. The molecule has 3 nitrogen and oxygen atoms in total. The molecular weight excluding hydrogens is 212 g/mol. The maximum Gasteiger partial charge on any atom is 0.0669 e. The van der Waals surface area contributed by atoms with E-state index in [-0.39, 0.29) is 12.1 Å². The third kappa shape index (κ3) is 5.37. The van der Waals surface area contributed by atoms with Crippen LogP contribution in [-0.2, 0) is 11.2 Å². The van der Waals surface area contributed by atoms with Crippen LogP contribution in [0.3, 0.4) is 0 Å². The van der Waals surface area contributed by atoms with Gasteiger partial charge in [0.15, 0.2) is 0 Å². The molecule has 0 unspecified atom stereocenters. The van der Waals surface area contributed by atoms with E-state index in [2.05, 4.69) is 18.3 Å². The molecular formula is C14H20N2O. The van der Waals surface area contributed by atoms with Gasteiger partial charge in [-0.1, -0.05) is 12.1 Å². The maximum atomic E-state index is 8.57. The summed E-state index contributed by atoms with van der Waals surface area (Å²) in [7, 11) is 0. The first kappa shape index (κ1) is 13.5. The van der Waals surface area contributed by atoms with Gasteiger partial charge in [0.05, 0.1) is 25.2 Å². The molecule has 0 aliphatic rings. The average Bonchev–Trinajstić information content (AvgIpc) is 2.29. The Hall–Kier alpha value is -1.53. The lowest BCUT2D eigenvalue weighted by molar-refractivity contribution is 0.0743. The highest BCUT2D eigenvalue weighted by Crippen LogP contribution is 2.11. The molecule has 1 aromatic rings. The fourth-order valence-corrected chi connectivity index (χ4v) is 1.47. The topological polar surface area (TPSA) is 45.0 Å². The summed E-state index contributed by atoms with van der Waals surface area (Å²) in [6.07, 6.45) is 0.726. The van der Waals surface area contributed by atoms with Crippen LogP contribution in [0.4, 0.5) is 5.69 Å². The van der Waals surface area contributed by atoms with Crippen LogP contribution < -0.4 is 5.32 Å². The van der Waals surface area contributed by atoms with Crippen LogP contribution in [0.2, 0.25) is 0 Å². The van der Waals surface area contributed by atoms with Gasteiger partial charge in [-0.3, -0.25) is 0 Å². The Kier molecular flexibility index (Phi) is 5.51. The summed E-state index contributed by atoms with van der Waals surface area (Å²) in [6.45, 7) is 6.84. The highest BCUT2D eigenvalue weighted by atomic mass is 16.5. The predicted molar refractivity (Wildman–Crippen MR) is 69.9 cm³/mol. The molecule has 0 aromatic heterocycles. The first-order valence-corrected chi connectivity index (χ1v) is 5.96. The van der Waals surface area contributed by atoms with Gasteiger partial charge in [0.2, 0.25) is 0 Å². The molecule has 0 aliphatic heterocycles. The van der Waals surface area contributed by atoms with E-state index in [9.17, 15) is 0 Å². The number of anilines is 1. The van der Waals surface area contributed by atoms with Crippen molar-refractivity contribution in [3.8, 4) is 6.07 Å². The Balaban J connectivity index is 2.43. The smallest absolute Gasteiger partial charge is 0.0669 e. The molecule has 1 atom stereocenters. The summed E-state index contributed by atoms with van der Waals surface area (Å²) in [5.74, 6) is 0. The van der Waals surface area contributed by atoms with Gasteiger partial charge in [0.1, 0.15) is 0 Å². The summed E-state index contributed by atoms with van der Waals surface area (Å²) in [5.41, 5.74) is 2.11. The van der Waals surface area contributed by atoms with Gasteiger partial charge in [-0.15, -0.1) is 0 Å². The quantitative estimate of drug-likeness (QED) is 0.820. The van der Waals surface area contributed by atoms with Crippen molar-refractivity contribution < 1.29 is 4.74 Å². The lowest BCUT2D eigenvalue weighted by atomic mass is 10.1. The molecule has 0 amide bonds. The van der Waals surface area contributed by atoms with Gasteiger partial charge in [-0.05, 0) is 38.5 Å². The number of nitriles is 1. The fraction of sp³-hybridized carbons (Fsp3) is 0.500. The number of ether oxygens (including phenoxy) is 1. The number of hydrogen-bond acceptors (Lipinski definition) is 3. The minimum atomic E-state index is 0.261. The molecule has 1 N–H and O–H groups in total. The minimum Gasteiger partial charge on any atom is -0.380 e. The third-order valence-corrected chi connectivity index (χ3v) is 2.33. The number of rotatable bonds is 6. The van der Waals surface area contributed by atoms with Crippen LogP contribution >= 0.6 is 0 Å². The lowest BCUT2D eigenvalue weighted by Crippen LogP contribution is -2.23. The van der Waals surface area contributed by atoms with Crippen molar-refractivity contribution in [2.75, 3.05) is 11.9 Å². The first-order chi connectivity index (χ1) is 8.11. The minimum absolute atomic E-state index is 0.261. The number of benzene rings is 1. The Morgan fingerprint density at radius 2 is 1.88 bits per heavy atom. The van der Waals surface area contributed by atoms with Gasteiger partial charge in [-0.2, -0.15) is 5.26 Å². The van der Waals surface area contributed by atoms with Crippen LogP contribution in [0.15, 0.2) is 24.3 Å². The number of nitrogens with zero attached hydrogens (tertiary/aromatic N) is 1. The number of hydrogen-bond donors (Lipinski definition) is 1. The molecule has 92 valence electrons. The molecule has 1 rings (SSSR count). The summed E-state index contributed by atoms with van der Waals surface area (Å²) in [4.78, 5) is 0. The molecule has 0 aliphatic carbocycles. The number of nitrogens with one attached hydrogen (secondary N) is 1. The molecule has 1 aromatic carbocycles. The van der Waals surface area contributed by atoms with Gasteiger partial charge in [-0.25, -0.2) is 0 Å². The summed E-state index contributed by atoms with van der Waals surface area (Å²) < 4.78 is 5.53. The van der Waals surface area contributed by atoms with Crippen molar-refractivity contribution in [2.24, 2.45) is 0 Å². The van der Waals surface area contributed by atoms with Crippen molar-refractivity contribution in [1.29, 1.82) is 5.26 Å². The maximum absolute atomic E-state index is 8.57. The predicted octanol–water partition coefficient (Wildman–Crippen LogP) is 2.98. The monoisotopic (exact) mass is 232 g/mol. The van der Waals surface area contributed by atoms with E-state index in [1.54, 1.807) is 0 Å². The molecule has 0 saturated heterocycles. The molecule has 0 saturated carbocycles. The zero-order valence-corrected chi connectivity index (χ0v) is 10.7. The summed E-state index contributed by atoms with van der Waals surface area (Å²) >= 11 is 0. The Bertz CT molecular complexity index is 365. The lowest BCUT2D eigenvalue weighted by Gasteiger charge is -2.17. The first-order valence-electron chi connectivity index (χ1n) is 5.96. The standard InChI is InChI=1S/C14H20N2O/c1-11(2)17-10-12(3)16-14-6-4-13(5-7-14)8-9-15/h4-7,11-12,16H,8,10H2,1-3H3/t12-/m1/s1. The summed E-state index contributed by atoms with van der Waals surface area (Å²) in [5, 5.41) is 11.9. The van der Waals surface area contributed by atoms with Gasteiger partial charge in [0, 0.05) is 11.7 Å². The Morgan fingerprint density at radius 3 is 2.41 bits per heavy atom. The molecule has 3 heteroatoms. The van der Waals surface area contributed by atoms with Crippen molar-refractivity contribution in [3.63, 3.8) is 0 Å². The second-order valence-corrected chi connectivity index (χ2v) is 4.46.